The number of benzene rings is 1. The molecule has 0 aliphatic heterocycles. The summed E-state index contributed by atoms with van der Waals surface area (Å²) in [4.78, 5) is 24.1. The van der Waals surface area contributed by atoms with E-state index in [0.29, 0.717) is 30.8 Å². The predicted octanol–water partition coefficient (Wildman–Crippen LogP) is 4.95. The highest BCUT2D eigenvalue weighted by Crippen LogP contribution is 2.25. The molecule has 8 heteroatoms. The van der Waals surface area contributed by atoms with Crippen molar-refractivity contribution < 1.29 is 14.4 Å². The third-order valence-corrected chi connectivity index (χ3v) is 5.74. The Labute approximate surface area is 209 Å². The summed E-state index contributed by atoms with van der Waals surface area (Å²) in [6, 6.07) is 5.97. The van der Waals surface area contributed by atoms with E-state index < -0.39 is 5.60 Å². The first-order valence-electron chi connectivity index (χ1n) is 12.2. The quantitative estimate of drug-likeness (QED) is 0.222. The molecule has 0 unspecified atom stereocenters. The van der Waals surface area contributed by atoms with E-state index in [2.05, 4.69) is 35.4 Å². The summed E-state index contributed by atoms with van der Waals surface area (Å²) in [5.74, 6) is 6.59. The van der Waals surface area contributed by atoms with Crippen LogP contribution in [0, 0.1) is 13.8 Å². The van der Waals surface area contributed by atoms with Gasteiger partial charge in [-0.25, -0.2) is 9.67 Å². The van der Waals surface area contributed by atoms with E-state index in [9.17, 15) is 4.79 Å². The number of anilines is 1. The second-order valence-electron chi connectivity index (χ2n) is 9.53. The molecular weight excluding hydrogens is 442 g/mol. The monoisotopic (exact) mass is 483 g/mol. The third kappa shape index (κ3) is 7.42. The highest BCUT2D eigenvalue weighted by molar-refractivity contribution is 5.96. The van der Waals surface area contributed by atoms with E-state index in [1.807, 2.05) is 64.4 Å². The van der Waals surface area contributed by atoms with Gasteiger partial charge in [-0.05, 0) is 90.6 Å². The van der Waals surface area contributed by atoms with Crippen LogP contribution in [-0.4, -0.2) is 40.3 Å². The lowest BCUT2D eigenvalue weighted by Gasteiger charge is -2.20. The van der Waals surface area contributed by atoms with Crippen molar-refractivity contribution in [2.45, 2.75) is 80.4 Å². The molecule has 192 valence electrons. The fourth-order valence-electron chi connectivity index (χ4n) is 4.05. The van der Waals surface area contributed by atoms with Crippen LogP contribution < -0.4 is 10.8 Å². The molecule has 8 nitrogen and oxygen atoms in total. The molecule has 35 heavy (non-hydrogen) atoms. The van der Waals surface area contributed by atoms with Gasteiger partial charge in [0.05, 0.1) is 5.70 Å². The van der Waals surface area contributed by atoms with Gasteiger partial charge >= 0.3 is 5.97 Å². The number of rotatable bonds is 10. The van der Waals surface area contributed by atoms with Crippen LogP contribution in [0.15, 0.2) is 29.8 Å². The van der Waals surface area contributed by atoms with Gasteiger partial charge in [0.15, 0.2) is 5.69 Å². The van der Waals surface area contributed by atoms with E-state index in [1.165, 1.54) is 0 Å². The van der Waals surface area contributed by atoms with Crippen LogP contribution in [0.4, 0.5) is 5.82 Å². The second kappa shape index (κ2) is 12.0. The predicted molar refractivity (Wildman–Crippen MR) is 142 cm³/mol. The van der Waals surface area contributed by atoms with E-state index >= 15 is 0 Å². The topological polar surface area (TPSA) is 95.0 Å². The van der Waals surface area contributed by atoms with Gasteiger partial charge in [-0.1, -0.05) is 6.58 Å². The Kier molecular flexibility index (Phi) is 9.65. The molecule has 2 rings (SSSR count). The summed E-state index contributed by atoms with van der Waals surface area (Å²) >= 11 is 0. The Hall–Kier alpha value is -3.13. The molecule has 1 heterocycles. The first kappa shape index (κ1) is 28.1. The van der Waals surface area contributed by atoms with Crippen LogP contribution in [0.2, 0.25) is 0 Å². The van der Waals surface area contributed by atoms with Crippen molar-refractivity contribution >= 4 is 23.4 Å². The minimum absolute atomic E-state index is 0.199. The van der Waals surface area contributed by atoms with Gasteiger partial charge in [0.2, 0.25) is 0 Å². The molecule has 0 amide bonds. The number of hydrogen-bond donors (Lipinski definition) is 1. The molecule has 0 atom stereocenters. The van der Waals surface area contributed by atoms with E-state index in [4.69, 9.17) is 15.5 Å². The lowest BCUT2D eigenvalue weighted by molar-refractivity contribution is -0.154. The first-order chi connectivity index (χ1) is 16.4. The Morgan fingerprint density at radius 1 is 1.14 bits per heavy atom. The Balaban J connectivity index is 2.28. The standard InChI is InChI=1S/C27H41N5O3/c1-10-31(11-2)24-17-23(30-32(24)12-3)26(35-28)29-20(6)21-15-18(4)22(19(5)16-21)13-14-25(33)34-27(7,8)9/h15-17H,6,10-14,28H2,1-5,7-9H3/b29-26-. The molecule has 0 aliphatic rings. The van der Waals surface area contributed by atoms with Crippen molar-refractivity contribution in [1.29, 1.82) is 0 Å². The summed E-state index contributed by atoms with van der Waals surface area (Å²) in [5.41, 5.74) is 4.70. The van der Waals surface area contributed by atoms with Crippen molar-refractivity contribution in [3.8, 4) is 0 Å². The van der Waals surface area contributed by atoms with Crippen molar-refractivity contribution in [1.82, 2.24) is 9.78 Å². The summed E-state index contributed by atoms with van der Waals surface area (Å²) in [5, 5.41) is 4.63. The lowest BCUT2D eigenvalue weighted by atomic mass is 9.95. The van der Waals surface area contributed by atoms with Crippen molar-refractivity contribution in [3.05, 3.63) is 52.7 Å². The normalized spacial score (nSPS) is 12.0. The van der Waals surface area contributed by atoms with Crippen molar-refractivity contribution in [2.24, 2.45) is 10.9 Å². The number of nitrogens with two attached hydrogens (primary N) is 1. The zero-order valence-electron chi connectivity index (χ0n) is 22.6. The largest absolute Gasteiger partial charge is 0.460 e. The second-order valence-corrected chi connectivity index (χ2v) is 9.53. The number of carbonyl (C=O) groups excluding carboxylic acids is 1. The van der Waals surface area contributed by atoms with Gasteiger partial charge in [0.1, 0.15) is 11.4 Å². The minimum Gasteiger partial charge on any atom is -0.460 e. The molecule has 0 aliphatic carbocycles. The van der Waals surface area contributed by atoms with Crippen LogP contribution in [0.25, 0.3) is 5.70 Å². The highest BCUT2D eigenvalue weighted by Gasteiger charge is 2.19. The first-order valence-corrected chi connectivity index (χ1v) is 12.2. The van der Waals surface area contributed by atoms with Gasteiger partial charge in [-0.3, -0.25) is 4.79 Å². The van der Waals surface area contributed by atoms with E-state index in [0.717, 1.165) is 41.2 Å². The number of aromatic nitrogens is 2. The van der Waals surface area contributed by atoms with Crippen molar-refractivity contribution in [3.63, 3.8) is 0 Å². The number of esters is 1. The molecular formula is C27H41N5O3. The number of aryl methyl sites for hydroxylation is 3. The fourth-order valence-corrected chi connectivity index (χ4v) is 4.05. The average Bonchev–Trinajstić information content (AvgIpc) is 3.20. The molecule has 0 fully saturated rings. The molecule has 0 bridgehead atoms. The maximum atomic E-state index is 12.2. The van der Waals surface area contributed by atoms with Gasteiger partial charge in [0, 0.05) is 37.7 Å². The number of ether oxygens (including phenoxy) is 1. The minimum atomic E-state index is -0.483. The van der Waals surface area contributed by atoms with Gasteiger partial charge < -0.3 is 14.5 Å². The third-order valence-electron chi connectivity index (χ3n) is 5.74. The summed E-state index contributed by atoms with van der Waals surface area (Å²) in [6.07, 6.45) is 0.944. The van der Waals surface area contributed by atoms with Gasteiger partial charge in [-0.2, -0.15) is 11.0 Å². The van der Waals surface area contributed by atoms with Crippen LogP contribution in [0.3, 0.4) is 0 Å². The van der Waals surface area contributed by atoms with Gasteiger partial charge in [-0.15, -0.1) is 0 Å². The zero-order chi connectivity index (χ0) is 26.3. The van der Waals surface area contributed by atoms with Crippen LogP contribution >= 0.6 is 0 Å². The number of carbonyl (C=O) groups is 1. The molecule has 0 saturated heterocycles. The molecule has 1 aromatic heterocycles. The van der Waals surface area contributed by atoms with Crippen LogP contribution in [0.1, 0.15) is 75.9 Å². The molecule has 0 radical (unpaired) electrons. The highest BCUT2D eigenvalue weighted by atomic mass is 16.6. The fraction of sp³-hybridized carbons (Fsp3) is 0.519. The van der Waals surface area contributed by atoms with Crippen molar-refractivity contribution in [2.75, 3.05) is 18.0 Å². The number of aliphatic imine (C=N–C) groups is 1. The Bertz CT molecular complexity index is 1050. The maximum Gasteiger partial charge on any atom is 0.306 e. The van der Waals surface area contributed by atoms with Gasteiger partial charge in [0.25, 0.3) is 5.90 Å². The summed E-state index contributed by atoms with van der Waals surface area (Å²) in [7, 11) is 0. The molecule has 2 aromatic rings. The molecule has 0 spiro atoms. The van der Waals surface area contributed by atoms with E-state index in [1.54, 1.807) is 0 Å². The average molecular weight is 484 g/mol. The Morgan fingerprint density at radius 2 is 1.74 bits per heavy atom. The Morgan fingerprint density at radius 3 is 2.23 bits per heavy atom. The van der Waals surface area contributed by atoms with Crippen LogP contribution in [-0.2, 0) is 27.3 Å². The summed E-state index contributed by atoms with van der Waals surface area (Å²) < 4.78 is 7.35. The lowest BCUT2D eigenvalue weighted by Crippen LogP contribution is -2.24. The maximum absolute atomic E-state index is 12.2. The smallest absolute Gasteiger partial charge is 0.306 e. The molecule has 1 aromatic carbocycles. The van der Waals surface area contributed by atoms with Crippen LogP contribution in [0.5, 0.6) is 0 Å². The number of hydrogen-bond acceptors (Lipinski definition) is 7. The van der Waals surface area contributed by atoms with E-state index in [-0.39, 0.29) is 11.9 Å². The summed E-state index contributed by atoms with van der Waals surface area (Å²) in [6.45, 7) is 22.5. The molecule has 0 saturated carbocycles. The SMILES string of the molecule is C=C(/N=C(\ON)c1cc(N(CC)CC)n(CC)n1)c1cc(C)c(CCC(=O)OC(C)(C)C)c(C)c1. The zero-order valence-corrected chi connectivity index (χ0v) is 22.6. The number of nitrogens with zero attached hydrogens (tertiary/aromatic N) is 4. The molecule has 2 N–H and O–H groups in total.